The first kappa shape index (κ1) is 23.7. The molecule has 3 aromatic rings. The number of nitrogens with zero attached hydrogens (tertiary/aromatic N) is 2. The highest BCUT2D eigenvalue weighted by atomic mass is 32.1. The highest BCUT2D eigenvalue weighted by molar-refractivity contribution is 7.10. The number of thiophene rings is 1. The van der Waals surface area contributed by atoms with E-state index in [1.165, 1.54) is 53.9 Å². The molecule has 1 N–H and O–H groups in total. The molecule has 0 fully saturated rings. The van der Waals surface area contributed by atoms with Crippen molar-refractivity contribution in [2.75, 3.05) is 6.54 Å². The molecule has 0 aliphatic carbocycles. The summed E-state index contributed by atoms with van der Waals surface area (Å²) in [6.45, 7) is 2.33. The van der Waals surface area contributed by atoms with Gasteiger partial charge in [-0.05, 0) is 47.7 Å². The number of amides is 2. The molecule has 32 heavy (non-hydrogen) atoms. The molecule has 0 spiro atoms. The maximum atomic E-state index is 12.4. The highest BCUT2D eigenvalue weighted by Crippen LogP contribution is 2.27. The Kier molecular flexibility index (Phi) is 7.86. The van der Waals surface area contributed by atoms with Crippen molar-refractivity contribution in [2.24, 2.45) is 4.99 Å². The maximum absolute atomic E-state index is 12.4. The van der Waals surface area contributed by atoms with Crippen LogP contribution in [0.25, 0.3) is 11.3 Å². The molecule has 0 bridgehead atoms. The molecular weight excluding hydrogens is 463 g/mol. The van der Waals surface area contributed by atoms with E-state index in [4.69, 9.17) is 0 Å². The Balaban J connectivity index is 1.86. The third-order valence-corrected chi connectivity index (χ3v) is 5.98. The van der Waals surface area contributed by atoms with E-state index in [0.29, 0.717) is 35.6 Å². The van der Waals surface area contributed by atoms with Gasteiger partial charge in [0, 0.05) is 30.3 Å². The topological polar surface area (TPSA) is 72.7 Å². The zero-order valence-electron chi connectivity index (χ0n) is 17.0. The number of thiazole rings is 1. The lowest BCUT2D eigenvalue weighted by atomic mass is 10.1. The van der Waals surface area contributed by atoms with Crippen LogP contribution in [0.4, 0.5) is 13.2 Å². The average molecular weight is 484 g/mol. The number of benzene rings is 1. The highest BCUT2D eigenvalue weighted by Gasteiger charge is 2.31. The smallest absolute Gasteiger partial charge is 0.406 e. The van der Waals surface area contributed by atoms with Crippen LogP contribution >= 0.6 is 22.7 Å². The minimum Gasteiger partial charge on any atom is -0.406 e. The second kappa shape index (κ2) is 10.6. The van der Waals surface area contributed by atoms with Gasteiger partial charge in [0.1, 0.15) is 5.75 Å². The first-order valence-electron chi connectivity index (χ1n) is 9.60. The lowest BCUT2D eigenvalue weighted by Crippen LogP contribution is -2.24. The van der Waals surface area contributed by atoms with E-state index in [1.807, 2.05) is 22.1 Å². The van der Waals surface area contributed by atoms with Gasteiger partial charge in [-0.1, -0.05) is 6.07 Å². The standard InChI is InChI=1S/C21H20F3N3O3S2/c1-14(28)25-9-3-10-27-18(15-5-7-16(8-6-15)30-21(22,23)24)13-32-20(27)26-19(29)12-17-4-2-11-31-17/h2,4-8,11,13H,3,9-10,12H2,1H3,(H,25,28). The first-order valence-corrected chi connectivity index (χ1v) is 11.4. The first-order chi connectivity index (χ1) is 15.2. The minimum atomic E-state index is -4.76. The predicted octanol–water partition coefficient (Wildman–Crippen LogP) is 4.37. The minimum absolute atomic E-state index is 0.142. The van der Waals surface area contributed by atoms with Crippen molar-refractivity contribution < 1.29 is 27.5 Å². The number of alkyl halides is 3. The van der Waals surface area contributed by atoms with Crippen molar-refractivity contribution >= 4 is 34.5 Å². The van der Waals surface area contributed by atoms with Crippen LogP contribution < -0.4 is 14.9 Å². The summed E-state index contributed by atoms with van der Waals surface area (Å²) in [7, 11) is 0. The molecule has 0 aliphatic heterocycles. The van der Waals surface area contributed by atoms with E-state index < -0.39 is 6.36 Å². The van der Waals surface area contributed by atoms with Crippen LogP contribution in [0.1, 0.15) is 18.2 Å². The van der Waals surface area contributed by atoms with E-state index in [2.05, 4.69) is 15.0 Å². The van der Waals surface area contributed by atoms with E-state index >= 15 is 0 Å². The van der Waals surface area contributed by atoms with Gasteiger partial charge < -0.3 is 14.6 Å². The van der Waals surface area contributed by atoms with E-state index in [1.54, 1.807) is 5.38 Å². The number of carbonyl (C=O) groups excluding carboxylic acids is 2. The molecule has 0 radical (unpaired) electrons. The third kappa shape index (κ3) is 7.06. The quantitative estimate of drug-likeness (QED) is 0.484. The summed E-state index contributed by atoms with van der Waals surface area (Å²) in [5.41, 5.74) is 1.36. The molecule has 170 valence electrons. The van der Waals surface area contributed by atoms with Crippen LogP contribution in [0.3, 0.4) is 0 Å². The van der Waals surface area contributed by atoms with E-state index in [9.17, 15) is 22.8 Å². The predicted molar refractivity (Wildman–Crippen MR) is 116 cm³/mol. The van der Waals surface area contributed by atoms with Crippen LogP contribution in [0.15, 0.2) is 52.2 Å². The molecule has 6 nitrogen and oxygen atoms in total. The summed E-state index contributed by atoms with van der Waals surface area (Å²) < 4.78 is 43.0. The Labute approximate surface area is 190 Å². The lowest BCUT2D eigenvalue weighted by Gasteiger charge is -2.11. The van der Waals surface area contributed by atoms with Crippen molar-refractivity contribution in [3.8, 4) is 17.0 Å². The number of hydrogen-bond acceptors (Lipinski definition) is 5. The summed E-state index contributed by atoms with van der Waals surface area (Å²) in [6.07, 6.45) is -3.98. The van der Waals surface area contributed by atoms with Crippen LogP contribution in [0, 0.1) is 0 Å². The second-order valence-corrected chi connectivity index (χ2v) is 8.59. The van der Waals surface area contributed by atoms with Gasteiger partial charge in [-0.2, -0.15) is 4.99 Å². The summed E-state index contributed by atoms with van der Waals surface area (Å²) in [6, 6.07) is 9.24. The number of ether oxygens (including phenoxy) is 1. The number of aromatic nitrogens is 1. The van der Waals surface area contributed by atoms with Crippen LogP contribution in [0.2, 0.25) is 0 Å². The maximum Gasteiger partial charge on any atom is 0.573 e. The largest absolute Gasteiger partial charge is 0.573 e. The Morgan fingerprint density at radius 2 is 1.91 bits per heavy atom. The van der Waals surface area contributed by atoms with Crippen LogP contribution in [-0.4, -0.2) is 29.3 Å². The second-order valence-electron chi connectivity index (χ2n) is 6.73. The van der Waals surface area contributed by atoms with Crippen molar-refractivity contribution in [3.63, 3.8) is 0 Å². The third-order valence-electron chi connectivity index (χ3n) is 4.24. The summed E-state index contributed by atoms with van der Waals surface area (Å²) in [5.74, 6) is -0.744. The van der Waals surface area contributed by atoms with Gasteiger partial charge >= 0.3 is 6.36 Å². The molecule has 0 saturated heterocycles. The number of nitrogens with one attached hydrogen (secondary N) is 1. The molecule has 0 unspecified atom stereocenters. The van der Waals surface area contributed by atoms with Gasteiger partial charge in [-0.25, -0.2) is 0 Å². The van der Waals surface area contributed by atoms with Crippen molar-refractivity contribution in [1.29, 1.82) is 0 Å². The molecule has 2 aromatic heterocycles. The summed E-state index contributed by atoms with van der Waals surface area (Å²) in [5, 5.41) is 6.41. The average Bonchev–Trinajstić information content (AvgIpc) is 3.35. The van der Waals surface area contributed by atoms with Gasteiger partial charge in [0.05, 0.1) is 12.1 Å². The Morgan fingerprint density at radius 3 is 2.53 bits per heavy atom. The van der Waals surface area contributed by atoms with E-state index in [-0.39, 0.29) is 24.0 Å². The molecule has 0 atom stereocenters. The Bertz CT molecular complexity index is 1120. The lowest BCUT2D eigenvalue weighted by molar-refractivity contribution is -0.274. The SMILES string of the molecule is CC(=O)NCCCn1c(-c2ccc(OC(F)(F)F)cc2)csc1=NC(=O)Cc1cccs1. The van der Waals surface area contributed by atoms with Crippen molar-refractivity contribution in [1.82, 2.24) is 9.88 Å². The monoisotopic (exact) mass is 483 g/mol. The normalized spacial score (nSPS) is 12.1. The fourth-order valence-corrected chi connectivity index (χ4v) is 4.55. The Morgan fingerprint density at radius 1 is 1.16 bits per heavy atom. The van der Waals surface area contributed by atoms with Gasteiger partial charge in [-0.15, -0.1) is 35.8 Å². The van der Waals surface area contributed by atoms with Crippen LogP contribution in [-0.2, 0) is 22.6 Å². The molecular formula is C21H20F3N3O3S2. The summed E-state index contributed by atoms with van der Waals surface area (Å²) >= 11 is 2.75. The summed E-state index contributed by atoms with van der Waals surface area (Å²) in [4.78, 5) is 29.2. The number of hydrogen-bond donors (Lipinski definition) is 1. The van der Waals surface area contributed by atoms with Crippen molar-refractivity contribution in [2.45, 2.75) is 32.7 Å². The van der Waals surface area contributed by atoms with Crippen molar-refractivity contribution in [3.05, 3.63) is 56.8 Å². The van der Waals surface area contributed by atoms with E-state index in [0.717, 1.165) is 4.88 Å². The fraction of sp³-hybridized carbons (Fsp3) is 0.286. The zero-order chi connectivity index (χ0) is 23.1. The molecule has 2 heterocycles. The molecule has 3 rings (SSSR count). The van der Waals surface area contributed by atoms with Gasteiger partial charge in [0.15, 0.2) is 4.80 Å². The zero-order valence-corrected chi connectivity index (χ0v) is 18.6. The molecule has 11 heteroatoms. The van der Waals surface area contributed by atoms with Gasteiger partial charge in [-0.3, -0.25) is 9.59 Å². The van der Waals surface area contributed by atoms with Crippen LogP contribution in [0.5, 0.6) is 5.75 Å². The Hall–Kier alpha value is -2.92. The molecule has 2 amide bonds. The number of rotatable bonds is 8. The number of halogens is 3. The molecule has 1 aromatic carbocycles. The molecule has 0 saturated carbocycles. The van der Waals surface area contributed by atoms with Gasteiger partial charge in [0.25, 0.3) is 5.91 Å². The fourth-order valence-electron chi connectivity index (χ4n) is 2.90. The molecule has 0 aliphatic rings. The number of carbonyl (C=O) groups is 2. The van der Waals surface area contributed by atoms with Gasteiger partial charge in [0.2, 0.25) is 5.91 Å².